The first-order valence-corrected chi connectivity index (χ1v) is 23.0. The van der Waals surface area contributed by atoms with Crippen LogP contribution in [0.2, 0.25) is 20.1 Å². The molecule has 2 fully saturated rings. The molecule has 4 aromatic carbocycles. The number of amides is 4. The van der Waals surface area contributed by atoms with E-state index in [2.05, 4.69) is 42.5 Å². The van der Waals surface area contributed by atoms with E-state index in [0.717, 1.165) is 78.0 Å². The summed E-state index contributed by atoms with van der Waals surface area (Å²) in [6.45, 7) is 3.69. The highest BCUT2D eigenvalue weighted by Gasteiger charge is 2.22. The van der Waals surface area contributed by atoms with Crippen molar-refractivity contribution in [3.63, 3.8) is 0 Å². The molecule has 8 nitrogen and oxygen atoms in total. The Morgan fingerprint density at radius 2 is 1.07 bits per heavy atom. The zero-order chi connectivity index (χ0) is 42.1. The minimum Gasteiger partial charge on any atom is -0.352 e. The summed E-state index contributed by atoms with van der Waals surface area (Å²) in [4.78, 5) is 55.0. The SMILES string of the molecule is O=C(/C=C/c1ccc(Sc2ccc(/C=C/C(=O)NCCCN3CCCC3=O)c(-c3ccc(Cl)cc3Cl)c2Br)c(Br)c1-c1ccc(Cl)cc1Cl)NCCCN1CCCC1=O. The van der Waals surface area contributed by atoms with Crippen molar-refractivity contribution in [1.29, 1.82) is 0 Å². The van der Waals surface area contributed by atoms with Gasteiger partial charge in [-0.25, -0.2) is 0 Å². The number of hydrogen-bond donors (Lipinski definition) is 2. The Bertz CT molecular complexity index is 2170. The second kappa shape index (κ2) is 21.5. The molecule has 0 aliphatic carbocycles. The van der Waals surface area contributed by atoms with E-state index in [1.165, 1.54) is 23.9 Å². The van der Waals surface area contributed by atoms with Gasteiger partial charge in [-0.2, -0.15) is 0 Å². The molecule has 4 aromatic rings. The Labute approximate surface area is 385 Å². The smallest absolute Gasteiger partial charge is 0.244 e. The summed E-state index contributed by atoms with van der Waals surface area (Å²) in [6, 6.07) is 18.4. The highest BCUT2D eigenvalue weighted by atomic mass is 79.9. The fourth-order valence-corrected chi connectivity index (χ4v) is 10.5. The monoisotopic (exact) mass is 1020 g/mol. The van der Waals surface area contributed by atoms with E-state index in [1.807, 2.05) is 46.2 Å². The zero-order valence-electron chi connectivity index (χ0n) is 31.8. The minimum absolute atomic E-state index is 0.169. The first kappa shape index (κ1) is 45.2. The van der Waals surface area contributed by atoms with Gasteiger partial charge in [0, 0.05) is 125 Å². The Hall–Kier alpha value is -3.29. The molecular formula is C44H40Br2Cl4N4O4S. The summed E-state index contributed by atoms with van der Waals surface area (Å²) in [7, 11) is 0. The number of nitrogens with zero attached hydrogens (tertiary/aromatic N) is 2. The lowest BCUT2D eigenvalue weighted by molar-refractivity contribution is -0.128. The second-order valence-corrected chi connectivity index (χ2v) is 18.3. The van der Waals surface area contributed by atoms with Crippen molar-refractivity contribution in [3.05, 3.63) is 113 Å². The van der Waals surface area contributed by atoms with Crippen LogP contribution in [0.25, 0.3) is 34.4 Å². The van der Waals surface area contributed by atoms with Crippen LogP contribution >= 0.6 is 90.0 Å². The van der Waals surface area contributed by atoms with Crippen LogP contribution in [0, 0.1) is 0 Å². The van der Waals surface area contributed by atoms with E-state index in [9.17, 15) is 19.2 Å². The van der Waals surface area contributed by atoms with Crippen LogP contribution in [0.5, 0.6) is 0 Å². The molecule has 4 amide bonds. The number of hydrogen-bond acceptors (Lipinski definition) is 5. The number of rotatable bonds is 16. The van der Waals surface area contributed by atoms with Crippen molar-refractivity contribution in [2.24, 2.45) is 0 Å². The zero-order valence-corrected chi connectivity index (χ0v) is 38.8. The third-order valence-electron chi connectivity index (χ3n) is 9.88. The summed E-state index contributed by atoms with van der Waals surface area (Å²) in [5.74, 6) is -0.164. The summed E-state index contributed by atoms with van der Waals surface area (Å²) < 4.78 is 1.49. The van der Waals surface area contributed by atoms with E-state index in [1.54, 1.807) is 36.4 Å². The van der Waals surface area contributed by atoms with Crippen molar-refractivity contribution < 1.29 is 19.2 Å². The highest BCUT2D eigenvalue weighted by molar-refractivity contribution is 9.11. The molecule has 0 bridgehead atoms. The third kappa shape index (κ3) is 12.0. The molecule has 0 unspecified atom stereocenters. The van der Waals surface area contributed by atoms with Crippen LogP contribution in [0.3, 0.4) is 0 Å². The molecule has 0 radical (unpaired) electrons. The maximum atomic E-state index is 12.9. The van der Waals surface area contributed by atoms with E-state index < -0.39 is 0 Å². The maximum absolute atomic E-state index is 12.9. The molecule has 0 spiro atoms. The summed E-state index contributed by atoms with van der Waals surface area (Å²) >= 11 is 35.4. The van der Waals surface area contributed by atoms with Crippen LogP contribution < -0.4 is 10.6 Å². The van der Waals surface area contributed by atoms with Gasteiger partial charge in [-0.3, -0.25) is 19.2 Å². The van der Waals surface area contributed by atoms with Crippen molar-refractivity contribution in [1.82, 2.24) is 20.4 Å². The van der Waals surface area contributed by atoms with E-state index in [0.29, 0.717) is 72.0 Å². The highest BCUT2D eigenvalue weighted by Crippen LogP contribution is 2.48. The standard InChI is InChI=1S/C44H40Br2Cl4N4O4S/c45-43-35(15-7-27(41(43)31-13-11-29(47)25-33(31)49)9-17-37(55)51-19-3-23-53-21-1-5-39(53)57)59-36-16-8-28(42(44(36)46)32-14-12-30(48)26-34(32)50)10-18-38(56)52-20-4-24-54-22-2-6-40(54)58/h7-18,25-26H,1-6,19-24H2,(H,51,55)(H,52,56)/b17-9+,18-10+. The van der Waals surface area contributed by atoms with E-state index >= 15 is 0 Å². The van der Waals surface area contributed by atoms with Gasteiger partial charge in [0.15, 0.2) is 0 Å². The quantitative estimate of drug-likeness (QED) is 0.0860. The van der Waals surface area contributed by atoms with Gasteiger partial charge in [0.05, 0.1) is 0 Å². The first-order valence-electron chi connectivity index (χ1n) is 19.1. The molecular weight excluding hydrogens is 982 g/mol. The lowest BCUT2D eigenvalue weighted by Crippen LogP contribution is -2.29. The molecule has 15 heteroatoms. The van der Waals surface area contributed by atoms with Crippen molar-refractivity contribution >= 4 is 126 Å². The van der Waals surface area contributed by atoms with Gasteiger partial charge in [0.1, 0.15) is 0 Å². The molecule has 59 heavy (non-hydrogen) atoms. The van der Waals surface area contributed by atoms with Gasteiger partial charge in [-0.1, -0.05) is 82.4 Å². The fourth-order valence-electron chi connectivity index (χ4n) is 6.92. The van der Waals surface area contributed by atoms with Crippen molar-refractivity contribution in [3.8, 4) is 22.3 Å². The van der Waals surface area contributed by atoms with Gasteiger partial charge in [0.2, 0.25) is 23.6 Å². The lowest BCUT2D eigenvalue weighted by Gasteiger charge is -2.18. The molecule has 2 aliphatic heterocycles. The second-order valence-electron chi connectivity index (χ2n) is 14.0. The normalized spacial score (nSPS) is 14.3. The van der Waals surface area contributed by atoms with Crippen LogP contribution in [0.1, 0.15) is 49.7 Å². The molecule has 0 atom stereocenters. The van der Waals surface area contributed by atoms with Crippen molar-refractivity contribution in [2.75, 3.05) is 39.3 Å². The van der Waals surface area contributed by atoms with Gasteiger partial charge in [0.25, 0.3) is 0 Å². The largest absolute Gasteiger partial charge is 0.352 e. The number of nitrogens with one attached hydrogen (secondary N) is 2. The van der Waals surface area contributed by atoms with Gasteiger partial charge >= 0.3 is 0 Å². The Kier molecular flexibility index (Phi) is 16.5. The van der Waals surface area contributed by atoms with Crippen LogP contribution in [-0.2, 0) is 19.2 Å². The van der Waals surface area contributed by atoms with Gasteiger partial charge < -0.3 is 20.4 Å². The third-order valence-corrected chi connectivity index (χ3v) is 14.3. The molecule has 2 aliphatic rings. The number of benzene rings is 4. The Balaban J connectivity index is 1.25. The van der Waals surface area contributed by atoms with Crippen LogP contribution in [-0.4, -0.2) is 72.7 Å². The summed E-state index contributed by atoms with van der Waals surface area (Å²) in [5, 5.41) is 7.71. The molecule has 6 rings (SSSR count). The van der Waals surface area contributed by atoms with Crippen LogP contribution in [0.15, 0.2) is 91.6 Å². The molecule has 2 saturated heterocycles. The van der Waals surface area contributed by atoms with Crippen LogP contribution in [0.4, 0.5) is 0 Å². The van der Waals surface area contributed by atoms with E-state index in [4.69, 9.17) is 46.4 Å². The minimum atomic E-state index is -0.250. The number of likely N-dealkylation sites (tertiary alicyclic amines) is 2. The average molecular weight is 1020 g/mol. The Morgan fingerprint density at radius 3 is 1.44 bits per heavy atom. The number of carbonyl (C=O) groups is 4. The molecule has 308 valence electrons. The van der Waals surface area contributed by atoms with Gasteiger partial charge in [-0.05, 0) is 117 Å². The lowest BCUT2D eigenvalue weighted by atomic mass is 9.99. The molecule has 0 aromatic heterocycles. The van der Waals surface area contributed by atoms with E-state index in [-0.39, 0.29) is 23.6 Å². The van der Waals surface area contributed by atoms with Gasteiger partial charge in [-0.15, -0.1) is 0 Å². The number of carbonyl (C=O) groups excluding carboxylic acids is 4. The first-order chi connectivity index (χ1) is 28.4. The Morgan fingerprint density at radius 1 is 0.644 bits per heavy atom. The predicted octanol–water partition coefficient (Wildman–Crippen LogP) is 11.6. The summed E-state index contributed by atoms with van der Waals surface area (Å²) in [6.07, 6.45) is 10.8. The average Bonchev–Trinajstić information content (AvgIpc) is 3.82. The molecule has 0 saturated carbocycles. The maximum Gasteiger partial charge on any atom is 0.244 e. The fraction of sp³-hybridized carbons (Fsp3) is 0.273. The number of halogens is 6. The van der Waals surface area contributed by atoms with Crippen molar-refractivity contribution in [2.45, 2.75) is 48.3 Å². The topological polar surface area (TPSA) is 98.8 Å². The summed E-state index contributed by atoms with van der Waals surface area (Å²) in [5.41, 5.74) is 4.47. The molecule has 2 N–H and O–H groups in total. The predicted molar refractivity (Wildman–Crippen MR) is 248 cm³/mol. The molecule has 2 heterocycles.